The second-order valence-electron chi connectivity index (χ2n) is 5.42. The zero-order valence-corrected chi connectivity index (χ0v) is 14.9. The lowest BCUT2D eigenvalue weighted by Gasteiger charge is -2.04. The molecule has 2 heterocycles. The van der Waals surface area contributed by atoms with E-state index in [9.17, 15) is 9.59 Å². The van der Waals surface area contributed by atoms with Crippen molar-refractivity contribution in [2.24, 2.45) is 0 Å². The van der Waals surface area contributed by atoms with E-state index in [4.69, 9.17) is 9.84 Å². The smallest absolute Gasteiger partial charge is 0.322 e. The van der Waals surface area contributed by atoms with Crippen LogP contribution in [0.15, 0.2) is 54.7 Å². The highest BCUT2D eigenvalue weighted by molar-refractivity contribution is 7.23. The summed E-state index contributed by atoms with van der Waals surface area (Å²) in [5.41, 5.74) is 2.64. The number of para-hydroxylation sites is 1. The van der Waals surface area contributed by atoms with Crippen molar-refractivity contribution in [2.75, 3.05) is 0 Å². The van der Waals surface area contributed by atoms with E-state index in [2.05, 4.69) is 11.1 Å². The van der Waals surface area contributed by atoms with Crippen LogP contribution in [0.3, 0.4) is 0 Å². The molecule has 2 aromatic heterocycles. The fourth-order valence-corrected chi connectivity index (χ4v) is 3.61. The Labute approximate surface area is 158 Å². The summed E-state index contributed by atoms with van der Waals surface area (Å²) in [6.45, 7) is 0. The lowest BCUT2D eigenvalue weighted by molar-refractivity contribution is -0.145. The number of benzene rings is 2. The zero-order chi connectivity index (χ0) is 17.4. The SMILES string of the molecule is Cl.O=C(O)CC(=O)Oc1cccc(-c2cn3c(n2)sc2ccccc23)c1. The molecule has 8 heteroatoms. The molecule has 0 saturated heterocycles. The van der Waals surface area contributed by atoms with Crippen molar-refractivity contribution in [3.63, 3.8) is 0 Å². The first-order valence-electron chi connectivity index (χ1n) is 7.50. The number of hydrogen-bond acceptors (Lipinski definition) is 5. The van der Waals surface area contributed by atoms with Gasteiger partial charge in [0.15, 0.2) is 4.96 Å². The predicted molar refractivity (Wildman–Crippen MR) is 101 cm³/mol. The maximum atomic E-state index is 11.5. The number of aromatic nitrogens is 2. The number of carbonyl (C=O) groups is 2. The minimum atomic E-state index is -1.22. The number of aliphatic carboxylic acids is 1. The van der Waals surface area contributed by atoms with Gasteiger partial charge in [-0.05, 0) is 24.3 Å². The van der Waals surface area contributed by atoms with Gasteiger partial charge in [-0.25, -0.2) is 4.98 Å². The molecule has 26 heavy (non-hydrogen) atoms. The number of nitrogens with zero attached hydrogens (tertiary/aromatic N) is 2. The molecule has 6 nitrogen and oxygen atoms in total. The summed E-state index contributed by atoms with van der Waals surface area (Å²) in [7, 11) is 0. The Kier molecular flexibility index (Phi) is 4.92. The average Bonchev–Trinajstić information content (AvgIpc) is 3.12. The molecule has 4 rings (SSSR count). The Morgan fingerprint density at radius 1 is 1.15 bits per heavy atom. The summed E-state index contributed by atoms with van der Waals surface area (Å²) in [6.07, 6.45) is 1.27. The fraction of sp³-hybridized carbons (Fsp3) is 0.0556. The standard InChI is InChI=1S/C18H12N2O4S.ClH/c21-16(22)9-17(23)24-12-5-3-4-11(8-12)13-10-20-14-6-1-2-7-15(14)25-18(20)19-13;/h1-8,10H,9H2,(H,21,22);1H. The zero-order valence-electron chi connectivity index (χ0n) is 13.3. The molecule has 0 atom stereocenters. The van der Waals surface area contributed by atoms with E-state index in [0.29, 0.717) is 5.75 Å². The number of imidazole rings is 1. The van der Waals surface area contributed by atoms with Crippen molar-refractivity contribution in [3.8, 4) is 17.0 Å². The number of hydrogen-bond donors (Lipinski definition) is 1. The van der Waals surface area contributed by atoms with Gasteiger partial charge in [-0.2, -0.15) is 0 Å². The maximum absolute atomic E-state index is 11.5. The van der Waals surface area contributed by atoms with E-state index in [0.717, 1.165) is 26.4 Å². The van der Waals surface area contributed by atoms with Gasteiger partial charge in [0.25, 0.3) is 0 Å². The van der Waals surface area contributed by atoms with Gasteiger partial charge in [-0.3, -0.25) is 14.0 Å². The maximum Gasteiger partial charge on any atom is 0.322 e. The van der Waals surface area contributed by atoms with Crippen molar-refractivity contribution >= 4 is 50.9 Å². The van der Waals surface area contributed by atoms with E-state index in [1.54, 1.807) is 29.5 Å². The van der Waals surface area contributed by atoms with Crippen LogP contribution in [0.1, 0.15) is 6.42 Å². The Balaban J connectivity index is 0.00000196. The molecule has 1 N–H and O–H groups in total. The summed E-state index contributed by atoms with van der Waals surface area (Å²) in [5, 5.41) is 8.63. The number of ether oxygens (including phenoxy) is 1. The van der Waals surface area contributed by atoms with Crippen molar-refractivity contribution in [2.45, 2.75) is 6.42 Å². The summed E-state index contributed by atoms with van der Waals surface area (Å²) >= 11 is 1.60. The monoisotopic (exact) mass is 388 g/mol. The number of rotatable bonds is 4. The van der Waals surface area contributed by atoms with Crippen LogP contribution in [0.2, 0.25) is 0 Å². The van der Waals surface area contributed by atoms with Crippen LogP contribution in [-0.4, -0.2) is 26.4 Å². The van der Waals surface area contributed by atoms with Gasteiger partial charge in [0.2, 0.25) is 0 Å². The minimum absolute atomic E-state index is 0. The van der Waals surface area contributed by atoms with Crippen LogP contribution in [-0.2, 0) is 9.59 Å². The molecule has 0 radical (unpaired) electrons. The first-order valence-corrected chi connectivity index (χ1v) is 8.31. The third-order valence-electron chi connectivity index (χ3n) is 3.66. The van der Waals surface area contributed by atoms with Crippen molar-refractivity contribution < 1.29 is 19.4 Å². The molecule has 0 aliphatic heterocycles. The van der Waals surface area contributed by atoms with Crippen LogP contribution in [0, 0.1) is 0 Å². The fourth-order valence-electron chi connectivity index (χ4n) is 2.60. The molecule has 0 spiro atoms. The Hall–Kier alpha value is -2.90. The normalized spacial score (nSPS) is 10.6. The number of esters is 1. The second-order valence-corrected chi connectivity index (χ2v) is 6.43. The van der Waals surface area contributed by atoms with Crippen LogP contribution in [0.25, 0.3) is 26.4 Å². The summed E-state index contributed by atoms with van der Waals surface area (Å²) in [5.74, 6) is -1.73. The molecule has 0 amide bonds. The Morgan fingerprint density at radius 3 is 2.77 bits per heavy atom. The third kappa shape index (κ3) is 3.40. The molecule has 0 aliphatic rings. The molecule has 0 unspecified atom stereocenters. The second kappa shape index (κ2) is 7.15. The molecule has 4 aromatic rings. The van der Waals surface area contributed by atoms with Gasteiger partial charge in [-0.15, -0.1) is 12.4 Å². The van der Waals surface area contributed by atoms with Gasteiger partial charge >= 0.3 is 11.9 Å². The molecule has 0 saturated carbocycles. The van der Waals surface area contributed by atoms with Crippen molar-refractivity contribution in [1.82, 2.24) is 9.38 Å². The highest BCUT2D eigenvalue weighted by atomic mass is 35.5. The Bertz CT molecular complexity index is 1120. The third-order valence-corrected chi connectivity index (χ3v) is 4.69. The molecule has 2 aromatic carbocycles. The van der Waals surface area contributed by atoms with E-state index in [-0.39, 0.29) is 12.4 Å². The van der Waals surface area contributed by atoms with E-state index >= 15 is 0 Å². The summed E-state index contributed by atoms with van der Waals surface area (Å²) < 4.78 is 8.25. The summed E-state index contributed by atoms with van der Waals surface area (Å²) in [4.78, 5) is 27.6. The first kappa shape index (κ1) is 17.9. The lowest BCUT2D eigenvalue weighted by atomic mass is 10.1. The molecular formula is C18H13ClN2O4S. The molecule has 0 bridgehead atoms. The highest BCUT2D eigenvalue weighted by Gasteiger charge is 2.13. The molecule has 132 valence electrons. The predicted octanol–water partition coefficient (Wildman–Crippen LogP) is 4.02. The Morgan fingerprint density at radius 2 is 1.96 bits per heavy atom. The molecule has 0 aliphatic carbocycles. The van der Waals surface area contributed by atoms with Gasteiger partial charge in [0.05, 0.1) is 15.9 Å². The van der Waals surface area contributed by atoms with Crippen LogP contribution in [0.4, 0.5) is 0 Å². The van der Waals surface area contributed by atoms with Crippen molar-refractivity contribution in [1.29, 1.82) is 0 Å². The van der Waals surface area contributed by atoms with Gasteiger partial charge in [0, 0.05) is 11.8 Å². The number of halogens is 1. The number of carboxylic acids is 1. The highest BCUT2D eigenvalue weighted by Crippen LogP contribution is 2.30. The van der Waals surface area contributed by atoms with Gasteiger partial charge in [0.1, 0.15) is 12.2 Å². The molecular weight excluding hydrogens is 376 g/mol. The number of thiazole rings is 1. The van der Waals surface area contributed by atoms with Crippen LogP contribution in [0.5, 0.6) is 5.75 Å². The first-order chi connectivity index (χ1) is 12.1. The number of fused-ring (bicyclic) bond motifs is 3. The summed E-state index contributed by atoms with van der Waals surface area (Å²) in [6, 6.07) is 15.0. The van der Waals surface area contributed by atoms with Gasteiger partial charge in [-0.1, -0.05) is 35.6 Å². The van der Waals surface area contributed by atoms with Crippen LogP contribution >= 0.6 is 23.7 Å². The van der Waals surface area contributed by atoms with Crippen LogP contribution < -0.4 is 4.74 Å². The minimum Gasteiger partial charge on any atom is -0.481 e. The van der Waals surface area contributed by atoms with E-state index < -0.39 is 18.4 Å². The largest absolute Gasteiger partial charge is 0.481 e. The van der Waals surface area contributed by atoms with E-state index in [1.165, 1.54) is 0 Å². The van der Waals surface area contributed by atoms with E-state index in [1.807, 2.05) is 34.9 Å². The average molecular weight is 389 g/mol. The topological polar surface area (TPSA) is 80.9 Å². The molecule has 0 fully saturated rings. The lowest BCUT2D eigenvalue weighted by Crippen LogP contribution is -2.13. The number of carbonyl (C=O) groups excluding carboxylic acids is 1. The number of carboxylic acid groups (broad SMARTS) is 1. The quantitative estimate of drug-likeness (QED) is 0.324. The van der Waals surface area contributed by atoms with Crippen molar-refractivity contribution in [3.05, 3.63) is 54.7 Å². The van der Waals surface area contributed by atoms with Gasteiger partial charge < -0.3 is 9.84 Å².